The fourth-order valence-electron chi connectivity index (χ4n) is 2.93. The molecule has 0 unspecified atom stereocenters. The Bertz CT molecular complexity index is 865. The maximum Gasteiger partial charge on any atom is 0.164 e. The van der Waals surface area contributed by atoms with Crippen LogP contribution in [-0.4, -0.2) is 26.3 Å². The smallest absolute Gasteiger partial charge is 0.164 e. The molecule has 0 atom stereocenters. The lowest BCUT2D eigenvalue weighted by molar-refractivity contribution is 0.349. The van der Waals surface area contributed by atoms with E-state index < -0.39 is 0 Å². The third-order valence-corrected chi connectivity index (χ3v) is 4.19. The molecule has 23 heavy (non-hydrogen) atoms. The SMILES string of the molecule is COc1cc(OC)c(-c2[nH]c3ccc(C)cc3c2C)cc1OC. The molecule has 120 valence electrons. The van der Waals surface area contributed by atoms with Crippen LogP contribution in [0.4, 0.5) is 0 Å². The van der Waals surface area contributed by atoms with Crippen LogP contribution >= 0.6 is 0 Å². The number of ether oxygens (including phenoxy) is 3. The summed E-state index contributed by atoms with van der Waals surface area (Å²) in [5.74, 6) is 2.07. The molecule has 3 aromatic rings. The first-order valence-electron chi connectivity index (χ1n) is 7.48. The van der Waals surface area contributed by atoms with Crippen LogP contribution in [0, 0.1) is 13.8 Å². The molecule has 0 amide bonds. The first-order valence-corrected chi connectivity index (χ1v) is 7.48. The van der Waals surface area contributed by atoms with Gasteiger partial charge in [-0.1, -0.05) is 11.6 Å². The molecule has 1 heterocycles. The van der Waals surface area contributed by atoms with Gasteiger partial charge in [-0.05, 0) is 37.6 Å². The molecule has 0 radical (unpaired) electrons. The van der Waals surface area contributed by atoms with Crippen molar-refractivity contribution < 1.29 is 14.2 Å². The van der Waals surface area contributed by atoms with Crippen molar-refractivity contribution >= 4 is 10.9 Å². The number of aromatic amines is 1. The Balaban J connectivity index is 2.27. The van der Waals surface area contributed by atoms with Crippen molar-refractivity contribution in [3.05, 3.63) is 41.5 Å². The number of hydrogen-bond acceptors (Lipinski definition) is 3. The molecule has 2 aromatic carbocycles. The summed E-state index contributed by atoms with van der Waals surface area (Å²) in [6.07, 6.45) is 0. The molecule has 0 bridgehead atoms. The summed E-state index contributed by atoms with van der Waals surface area (Å²) in [5.41, 5.74) is 5.53. The normalized spacial score (nSPS) is 10.8. The van der Waals surface area contributed by atoms with Gasteiger partial charge in [-0.25, -0.2) is 0 Å². The summed E-state index contributed by atoms with van der Waals surface area (Å²) >= 11 is 0. The van der Waals surface area contributed by atoms with Gasteiger partial charge in [-0.2, -0.15) is 0 Å². The highest BCUT2D eigenvalue weighted by molar-refractivity contribution is 5.92. The second-order valence-electron chi connectivity index (χ2n) is 5.58. The van der Waals surface area contributed by atoms with E-state index in [4.69, 9.17) is 14.2 Å². The van der Waals surface area contributed by atoms with Crippen molar-refractivity contribution in [3.8, 4) is 28.5 Å². The fraction of sp³-hybridized carbons (Fsp3) is 0.263. The Morgan fingerprint density at radius 2 is 1.43 bits per heavy atom. The van der Waals surface area contributed by atoms with Gasteiger partial charge >= 0.3 is 0 Å². The van der Waals surface area contributed by atoms with E-state index in [-0.39, 0.29) is 0 Å². The quantitative estimate of drug-likeness (QED) is 0.772. The average molecular weight is 311 g/mol. The molecule has 0 saturated heterocycles. The maximum absolute atomic E-state index is 5.56. The Morgan fingerprint density at radius 3 is 2.09 bits per heavy atom. The minimum Gasteiger partial charge on any atom is -0.496 e. The molecule has 1 aromatic heterocycles. The van der Waals surface area contributed by atoms with Crippen LogP contribution in [0.25, 0.3) is 22.2 Å². The number of aromatic nitrogens is 1. The largest absolute Gasteiger partial charge is 0.496 e. The number of rotatable bonds is 4. The maximum atomic E-state index is 5.56. The molecule has 0 aliphatic carbocycles. The molecule has 0 spiro atoms. The number of H-pyrrole nitrogens is 1. The number of nitrogens with one attached hydrogen (secondary N) is 1. The van der Waals surface area contributed by atoms with Crippen molar-refractivity contribution in [3.63, 3.8) is 0 Å². The fourth-order valence-corrected chi connectivity index (χ4v) is 2.93. The second kappa shape index (κ2) is 5.88. The molecule has 0 aliphatic rings. The summed E-state index contributed by atoms with van der Waals surface area (Å²) in [5, 5.41) is 1.22. The van der Waals surface area contributed by atoms with Gasteiger partial charge in [0.1, 0.15) is 5.75 Å². The van der Waals surface area contributed by atoms with Gasteiger partial charge in [0.25, 0.3) is 0 Å². The Hall–Kier alpha value is -2.62. The zero-order chi connectivity index (χ0) is 16.6. The number of hydrogen-bond donors (Lipinski definition) is 1. The Labute approximate surface area is 136 Å². The molecular formula is C19H21NO3. The van der Waals surface area contributed by atoms with E-state index in [0.29, 0.717) is 11.5 Å². The predicted molar refractivity (Wildman–Crippen MR) is 92.9 cm³/mol. The van der Waals surface area contributed by atoms with E-state index in [1.165, 1.54) is 16.5 Å². The highest BCUT2D eigenvalue weighted by Crippen LogP contribution is 2.42. The zero-order valence-corrected chi connectivity index (χ0v) is 14.1. The molecule has 0 fully saturated rings. The van der Waals surface area contributed by atoms with Gasteiger partial charge in [0, 0.05) is 22.5 Å². The standard InChI is InChI=1S/C19H21NO3/c1-11-6-7-15-13(8-11)12(2)19(20-15)14-9-17(22-4)18(23-5)10-16(14)21-3/h6-10,20H,1-5H3. The number of fused-ring (bicyclic) bond motifs is 1. The van der Waals surface area contributed by atoms with Gasteiger partial charge in [-0.15, -0.1) is 0 Å². The van der Waals surface area contributed by atoms with Crippen LogP contribution in [0.2, 0.25) is 0 Å². The minimum absolute atomic E-state index is 0.651. The van der Waals surface area contributed by atoms with Crippen molar-refractivity contribution in [1.29, 1.82) is 0 Å². The van der Waals surface area contributed by atoms with Gasteiger partial charge in [0.2, 0.25) is 0 Å². The predicted octanol–water partition coefficient (Wildman–Crippen LogP) is 4.48. The molecule has 3 rings (SSSR count). The Kier molecular flexibility index (Phi) is 3.90. The summed E-state index contributed by atoms with van der Waals surface area (Å²) in [6.45, 7) is 4.21. The van der Waals surface area contributed by atoms with Crippen molar-refractivity contribution in [2.45, 2.75) is 13.8 Å². The third-order valence-electron chi connectivity index (χ3n) is 4.19. The highest BCUT2D eigenvalue weighted by Gasteiger charge is 2.17. The number of benzene rings is 2. The lowest BCUT2D eigenvalue weighted by Gasteiger charge is -2.14. The minimum atomic E-state index is 0.651. The second-order valence-corrected chi connectivity index (χ2v) is 5.58. The van der Waals surface area contributed by atoms with Gasteiger partial charge in [0.05, 0.1) is 27.0 Å². The van der Waals surface area contributed by atoms with Crippen LogP contribution in [-0.2, 0) is 0 Å². The molecule has 0 aliphatic heterocycles. The van der Waals surface area contributed by atoms with Gasteiger partial charge in [0.15, 0.2) is 11.5 Å². The van der Waals surface area contributed by atoms with Gasteiger partial charge in [-0.3, -0.25) is 0 Å². The van der Waals surface area contributed by atoms with Gasteiger partial charge < -0.3 is 19.2 Å². The molecule has 0 saturated carbocycles. The van der Waals surface area contributed by atoms with E-state index in [0.717, 1.165) is 22.5 Å². The molecule has 4 nitrogen and oxygen atoms in total. The highest BCUT2D eigenvalue weighted by atomic mass is 16.5. The van der Waals surface area contributed by atoms with Crippen LogP contribution < -0.4 is 14.2 Å². The lowest BCUT2D eigenvalue weighted by Crippen LogP contribution is -1.95. The number of aryl methyl sites for hydroxylation is 2. The zero-order valence-electron chi connectivity index (χ0n) is 14.1. The van der Waals surface area contributed by atoms with E-state index in [1.54, 1.807) is 21.3 Å². The van der Waals surface area contributed by atoms with E-state index in [2.05, 4.69) is 37.0 Å². The number of methoxy groups -OCH3 is 3. The average Bonchev–Trinajstić information content (AvgIpc) is 2.89. The van der Waals surface area contributed by atoms with Crippen molar-refractivity contribution in [2.24, 2.45) is 0 Å². The van der Waals surface area contributed by atoms with Crippen molar-refractivity contribution in [1.82, 2.24) is 4.98 Å². The monoisotopic (exact) mass is 311 g/mol. The molecule has 4 heteroatoms. The lowest BCUT2D eigenvalue weighted by atomic mass is 10.0. The summed E-state index contributed by atoms with van der Waals surface area (Å²) < 4.78 is 16.4. The molecular weight excluding hydrogens is 290 g/mol. The summed E-state index contributed by atoms with van der Waals surface area (Å²) in [7, 11) is 4.91. The Morgan fingerprint density at radius 1 is 0.783 bits per heavy atom. The van der Waals surface area contributed by atoms with Crippen LogP contribution in [0.5, 0.6) is 17.2 Å². The van der Waals surface area contributed by atoms with Crippen LogP contribution in [0.1, 0.15) is 11.1 Å². The summed E-state index contributed by atoms with van der Waals surface area (Å²) in [4.78, 5) is 3.49. The topological polar surface area (TPSA) is 43.5 Å². The van der Waals surface area contributed by atoms with Crippen molar-refractivity contribution in [2.75, 3.05) is 21.3 Å². The van der Waals surface area contributed by atoms with Crippen LogP contribution in [0.3, 0.4) is 0 Å². The van der Waals surface area contributed by atoms with Crippen LogP contribution in [0.15, 0.2) is 30.3 Å². The van der Waals surface area contributed by atoms with E-state index >= 15 is 0 Å². The molecule has 1 N–H and O–H groups in total. The summed E-state index contributed by atoms with van der Waals surface area (Å²) in [6, 6.07) is 10.2. The van der Waals surface area contributed by atoms with E-state index in [1.807, 2.05) is 12.1 Å². The first kappa shape index (κ1) is 15.3. The third kappa shape index (κ3) is 2.50. The first-order chi connectivity index (χ1) is 11.1. The van der Waals surface area contributed by atoms with E-state index in [9.17, 15) is 0 Å².